The van der Waals surface area contributed by atoms with Gasteiger partial charge in [0.05, 0.1) is 5.75 Å². The number of aromatic nitrogens is 2. The van der Waals surface area contributed by atoms with E-state index in [4.69, 9.17) is 11.6 Å². The molecule has 0 atom stereocenters. The van der Waals surface area contributed by atoms with Crippen LogP contribution >= 0.6 is 46.5 Å². The van der Waals surface area contributed by atoms with E-state index in [-0.39, 0.29) is 17.3 Å². The van der Waals surface area contributed by atoms with Gasteiger partial charge in [0.25, 0.3) is 0 Å². The number of carbonyl (C=O) groups excluding carboxylic acids is 1. The van der Waals surface area contributed by atoms with Crippen molar-refractivity contribution < 1.29 is 13.6 Å². The first-order valence-corrected chi connectivity index (χ1v) is 10.7. The Morgan fingerprint density at radius 2 is 1.74 bits per heavy atom. The second kappa shape index (κ2) is 9.50. The average molecular weight is 444 g/mol. The van der Waals surface area contributed by atoms with Gasteiger partial charge < -0.3 is 5.32 Å². The van der Waals surface area contributed by atoms with Crippen molar-refractivity contribution >= 4 is 58.1 Å². The Morgan fingerprint density at radius 3 is 2.44 bits per heavy atom. The molecule has 0 aliphatic carbocycles. The van der Waals surface area contributed by atoms with Crippen molar-refractivity contribution in [1.82, 2.24) is 10.2 Å². The molecule has 140 valence electrons. The number of anilines is 1. The zero-order valence-corrected chi connectivity index (χ0v) is 16.8. The average Bonchev–Trinajstić information content (AvgIpc) is 3.11. The van der Waals surface area contributed by atoms with Gasteiger partial charge in [0.2, 0.25) is 5.91 Å². The van der Waals surface area contributed by atoms with Crippen LogP contribution in [0.3, 0.4) is 0 Å². The summed E-state index contributed by atoms with van der Waals surface area (Å²) in [6.45, 7) is 0. The summed E-state index contributed by atoms with van der Waals surface area (Å²) >= 11 is 10.0. The summed E-state index contributed by atoms with van der Waals surface area (Å²) in [5.41, 5.74) is 1.33. The molecule has 0 aliphatic rings. The van der Waals surface area contributed by atoms with E-state index in [2.05, 4.69) is 15.5 Å². The molecule has 10 heteroatoms. The monoisotopic (exact) mass is 443 g/mol. The number of nitrogens with one attached hydrogen (secondary N) is 1. The Kier molecular flexibility index (Phi) is 7.06. The number of benzene rings is 2. The Bertz CT molecular complexity index is 937. The summed E-state index contributed by atoms with van der Waals surface area (Å²) in [7, 11) is 0. The zero-order chi connectivity index (χ0) is 19.2. The maximum absolute atomic E-state index is 13.1. The van der Waals surface area contributed by atoms with E-state index < -0.39 is 11.6 Å². The van der Waals surface area contributed by atoms with E-state index in [9.17, 15) is 13.6 Å². The third kappa shape index (κ3) is 6.17. The van der Waals surface area contributed by atoms with Crippen molar-refractivity contribution in [2.75, 3.05) is 11.1 Å². The molecule has 27 heavy (non-hydrogen) atoms. The minimum atomic E-state index is -1.01. The molecule has 0 spiro atoms. The number of carbonyl (C=O) groups is 1. The third-order valence-corrected chi connectivity index (χ3v) is 6.71. The number of hydrogen-bond donors (Lipinski definition) is 1. The van der Waals surface area contributed by atoms with Crippen molar-refractivity contribution in [3.05, 3.63) is 64.7 Å². The van der Waals surface area contributed by atoms with Gasteiger partial charge in [0.15, 0.2) is 20.3 Å². The molecule has 0 saturated heterocycles. The molecule has 1 heterocycles. The van der Waals surface area contributed by atoms with E-state index in [0.29, 0.717) is 9.36 Å². The predicted molar refractivity (Wildman–Crippen MR) is 107 cm³/mol. The fourth-order valence-electron chi connectivity index (χ4n) is 1.94. The standard InChI is InChI=1S/C17H12ClF2N3OS3/c18-11-3-1-10(2-4-11)8-25-16-22-23-17(27-16)26-9-15(24)21-12-5-6-13(19)14(20)7-12/h1-7H,8-9H2,(H,21,24). The fraction of sp³-hybridized carbons (Fsp3) is 0.118. The number of amides is 1. The quantitative estimate of drug-likeness (QED) is 0.489. The second-order valence-electron chi connectivity index (χ2n) is 5.21. The van der Waals surface area contributed by atoms with Gasteiger partial charge in [-0.1, -0.05) is 58.6 Å². The van der Waals surface area contributed by atoms with Crippen LogP contribution < -0.4 is 5.32 Å². The van der Waals surface area contributed by atoms with Crippen molar-refractivity contribution in [2.24, 2.45) is 0 Å². The second-order valence-corrected chi connectivity index (χ2v) is 9.07. The van der Waals surface area contributed by atoms with Crippen LogP contribution in [0.4, 0.5) is 14.5 Å². The van der Waals surface area contributed by atoms with E-state index in [1.54, 1.807) is 11.8 Å². The Balaban J connectivity index is 1.46. The molecule has 1 N–H and O–H groups in total. The molecule has 2 aromatic carbocycles. The number of halogens is 3. The van der Waals surface area contributed by atoms with Crippen molar-refractivity contribution in [1.29, 1.82) is 0 Å². The summed E-state index contributed by atoms with van der Waals surface area (Å²) in [4.78, 5) is 11.9. The first-order chi connectivity index (χ1) is 13.0. The van der Waals surface area contributed by atoms with Crippen molar-refractivity contribution in [2.45, 2.75) is 14.4 Å². The number of thioether (sulfide) groups is 2. The molecule has 3 aromatic rings. The minimum Gasteiger partial charge on any atom is -0.325 e. The van der Waals surface area contributed by atoms with E-state index in [0.717, 1.165) is 27.8 Å². The number of hydrogen-bond acceptors (Lipinski definition) is 6. The SMILES string of the molecule is O=C(CSc1nnc(SCc2ccc(Cl)cc2)s1)Nc1ccc(F)c(F)c1. The van der Waals surface area contributed by atoms with Gasteiger partial charge in [0, 0.05) is 22.5 Å². The maximum Gasteiger partial charge on any atom is 0.234 e. The van der Waals surface area contributed by atoms with E-state index in [1.165, 1.54) is 29.2 Å². The van der Waals surface area contributed by atoms with Crippen LogP contribution in [0.2, 0.25) is 5.02 Å². The lowest BCUT2D eigenvalue weighted by Crippen LogP contribution is -2.14. The third-order valence-electron chi connectivity index (χ3n) is 3.19. The van der Waals surface area contributed by atoms with Gasteiger partial charge in [-0.2, -0.15) is 0 Å². The van der Waals surface area contributed by atoms with Crippen LogP contribution in [0.15, 0.2) is 51.1 Å². The molecule has 1 amide bonds. The number of rotatable bonds is 7. The molecule has 0 unspecified atom stereocenters. The summed E-state index contributed by atoms with van der Waals surface area (Å²) in [6.07, 6.45) is 0. The largest absolute Gasteiger partial charge is 0.325 e. The maximum atomic E-state index is 13.1. The summed E-state index contributed by atoms with van der Waals surface area (Å²) in [5.74, 6) is -1.47. The summed E-state index contributed by atoms with van der Waals surface area (Å²) < 4.78 is 27.5. The van der Waals surface area contributed by atoms with Crippen LogP contribution in [0.5, 0.6) is 0 Å². The molecule has 0 aliphatic heterocycles. The van der Waals surface area contributed by atoms with Crippen LogP contribution in [0.1, 0.15) is 5.56 Å². The molecule has 4 nitrogen and oxygen atoms in total. The minimum absolute atomic E-state index is 0.0927. The highest BCUT2D eigenvalue weighted by atomic mass is 35.5. The van der Waals surface area contributed by atoms with Crippen LogP contribution in [-0.2, 0) is 10.5 Å². The highest BCUT2D eigenvalue weighted by Gasteiger charge is 2.10. The van der Waals surface area contributed by atoms with Gasteiger partial charge in [-0.05, 0) is 29.8 Å². The smallest absolute Gasteiger partial charge is 0.234 e. The van der Waals surface area contributed by atoms with Crippen molar-refractivity contribution in [3.8, 4) is 0 Å². The van der Waals surface area contributed by atoms with Gasteiger partial charge in [-0.3, -0.25) is 4.79 Å². The summed E-state index contributed by atoms with van der Waals surface area (Å²) in [5, 5.41) is 11.3. The lowest BCUT2D eigenvalue weighted by atomic mass is 10.2. The van der Waals surface area contributed by atoms with Crippen LogP contribution in [0, 0.1) is 11.6 Å². The van der Waals surface area contributed by atoms with E-state index in [1.807, 2.05) is 24.3 Å². The molecule has 1 aromatic heterocycles. The molecule has 0 fully saturated rings. The lowest BCUT2D eigenvalue weighted by Gasteiger charge is -2.04. The Labute approximate surface area is 171 Å². The van der Waals surface area contributed by atoms with E-state index >= 15 is 0 Å². The molecular weight excluding hydrogens is 432 g/mol. The predicted octanol–water partition coefficient (Wildman–Crippen LogP) is 5.49. The molecule has 0 bridgehead atoms. The first kappa shape index (κ1) is 20.1. The molecule has 0 saturated carbocycles. The summed E-state index contributed by atoms with van der Waals surface area (Å²) in [6, 6.07) is 10.8. The van der Waals surface area contributed by atoms with Crippen LogP contribution in [-0.4, -0.2) is 21.9 Å². The lowest BCUT2D eigenvalue weighted by molar-refractivity contribution is -0.113. The first-order valence-electron chi connectivity index (χ1n) is 7.58. The fourth-order valence-corrected chi connectivity index (χ4v) is 4.84. The van der Waals surface area contributed by atoms with Gasteiger partial charge in [0.1, 0.15) is 0 Å². The number of nitrogens with zero attached hydrogens (tertiary/aromatic N) is 2. The van der Waals surface area contributed by atoms with Crippen LogP contribution in [0.25, 0.3) is 0 Å². The van der Waals surface area contributed by atoms with Gasteiger partial charge in [-0.15, -0.1) is 10.2 Å². The Hall–Kier alpha value is -1.68. The molecule has 3 rings (SSSR count). The highest BCUT2D eigenvalue weighted by molar-refractivity contribution is 8.03. The normalized spacial score (nSPS) is 10.8. The molecular formula is C17H12ClF2N3OS3. The highest BCUT2D eigenvalue weighted by Crippen LogP contribution is 2.31. The Morgan fingerprint density at radius 1 is 1.04 bits per heavy atom. The zero-order valence-electron chi connectivity index (χ0n) is 13.6. The van der Waals surface area contributed by atoms with Gasteiger partial charge >= 0.3 is 0 Å². The topological polar surface area (TPSA) is 54.9 Å². The van der Waals surface area contributed by atoms with Gasteiger partial charge in [-0.25, -0.2) is 8.78 Å². The van der Waals surface area contributed by atoms with Crippen molar-refractivity contribution in [3.63, 3.8) is 0 Å². The molecule has 0 radical (unpaired) electrons.